The van der Waals surface area contributed by atoms with E-state index in [4.69, 9.17) is 0 Å². The summed E-state index contributed by atoms with van der Waals surface area (Å²) in [6, 6.07) is 4.82. The Labute approximate surface area is 127 Å². The zero-order chi connectivity index (χ0) is 14.7. The van der Waals surface area contributed by atoms with E-state index in [2.05, 4.69) is 20.9 Å². The van der Waals surface area contributed by atoms with Crippen molar-refractivity contribution in [2.24, 2.45) is 0 Å². The van der Waals surface area contributed by atoms with Crippen LogP contribution in [0.25, 0.3) is 0 Å². The number of nitrogens with zero attached hydrogens (tertiary/aromatic N) is 3. The molecule has 2 saturated heterocycles. The Morgan fingerprint density at radius 1 is 1.10 bits per heavy atom. The number of hydrogen-bond donors (Lipinski definition) is 1. The Bertz CT molecular complexity index is 432. The SMILES string of the molecule is C[C@@H](O)c1ccc(N2CCC(N3CCCCC3)CC2)cn1. The molecule has 4 heteroatoms. The normalized spacial score (nSPS) is 23.2. The Hall–Kier alpha value is -1.13. The van der Waals surface area contributed by atoms with E-state index in [-0.39, 0.29) is 0 Å². The highest BCUT2D eigenvalue weighted by Crippen LogP contribution is 2.24. The summed E-state index contributed by atoms with van der Waals surface area (Å²) in [5, 5.41) is 9.52. The summed E-state index contributed by atoms with van der Waals surface area (Å²) in [6.45, 7) is 6.60. The maximum Gasteiger partial charge on any atom is 0.0931 e. The summed E-state index contributed by atoms with van der Waals surface area (Å²) in [4.78, 5) is 9.49. The van der Waals surface area contributed by atoms with Gasteiger partial charge in [0.15, 0.2) is 0 Å². The lowest BCUT2D eigenvalue weighted by Gasteiger charge is -2.40. The van der Waals surface area contributed by atoms with Gasteiger partial charge in [-0.15, -0.1) is 0 Å². The second-order valence-corrected chi connectivity index (χ2v) is 6.43. The van der Waals surface area contributed by atoms with Gasteiger partial charge in [-0.2, -0.15) is 0 Å². The zero-order valence-electron chi connectivity index (χ0n) is 13.0. The average molecular weight is 289 g/mol. The molecule has 1 atom stereocenters. The van der Waals surface area contributed by atoms with Gasteiger partial charge in [-0.05, 0) is 57.8 Å². The highest BCUT2D eigenvalue weighted by atomic mass is 16.3. The lowest BCUT2D eigenvalue weighted by atomic mass is 9.99. The molecule has 3 heterocycles. The van der Waals surface area contributed by atoms with E-state index in [1.54, 1.807) is 6.92 Å². The fourth-order valence-electron chi connectivity index (χ4n) is 3.60. The molecule has 1 N–H and O–H groups in total. The van der Waals surface area contributed by atoms with Crippen molar-refractivity contribution in [1.82, 2.24) is 9.88 Å². The van der Waals surface area contributed by atoms with Crippen LogP contribution < -0.4 is 4.90 Å². The summed E-state index contributed by atoms with van der Waals surface area (Å²) in [5.41, 5.74) is 1.94. The van der Waals surface area contributed by atoms with Gasteiger partial charge >= 0.3 is 0 Å². The van der Waals surface area contributed by atoms with Crippen LogP contribution in [0.2, 0.25) is 0 Å². The van der Waals surface area contributed by atoms with Crippen LogP contribution in [0.5, 0.6) is 0 Å². The molecule has 0 spiro atoms. The van der Waals surface area contributed by atoms with Crippen LogP contribution in [0, 0.1) is 0 Å². The summed E-state index contributed by atoms with van der Waals surface area (Å²) in [5.74, 6) is 0. The summed E-state index contributed by atoms with van der Waals surface area (Å²) in [7, 11) is 0. The van der Waals surface area contributed by atoms with Gasteiger partial charge in [0.25, 0.3) is 0 Å². The molecule has 4 nitrogen and oxygen atoms in total. The largest absolute Gasteiger partial charge is 0.387 e. The van der Waals surface area contributed by atoms with Crippen molar-refractivity contribution in [2.75, 3.05) is 31.1 Å². The standard InChI is InChI=1S/C17H27N3O/c1-14(21)17-6-5-16(13-18-17)20-11-7-15(8-12-20)19-9-3-2-4-10-19/h5-6,13-15,21H,2-4,7-12H2,1H3/t14-/m1/s1. The smallest absolute Gasteiger partial charge is 0.0931 e. The minimum atomic E-state index is -0.483. The molecule has 2 aliphatic heterocycles. The van der Waals surface area contributed by atoms with E-state index >= 15 is 0 Å². The maximum atomic E-state index is 9.52. The summed E-state index contributed by atoms with van der Waals surface area (Å²) < 4.78 is 0. The molecule has 0 amide bonds. The van der Waals surface area contributed by atoms with Crippen LogP contribution in [0.15, 0.2) is 18.3 Å². The third-order valence-electron chi connectivity index (χ3n) is 4.94. The van der Waals surface area contributed by atoms with Crippen LogP contribution in [0.1, 0.15) is 50.8 Å². The van der Waals surface area contributed by atoms with E-state index in [1.165, 1.54) is 50.9 Å². The van der Waals surface area contributed by atoms with Gasteiger partial charge in [0.2, 0.25) is 0 Å². The fourth-order valence-corrected chi connectivity index (χ4v) is 3.60. The van der Waals surface area contributed by atoms with Crippen molar-refractivity contribution in [3.8, 4) is 0 Å². The molecule has 0 bridgehead atoms. The molecule has 0 unspecified atom stereocenters. The molecule has 0 aromatic carbocycles. The van der Waals surface area contributed by atoms with Crippen LogP contribution in [-0.2, 0) is 0 Å². The number of anilines is 1. The minimum absolute atomic E-state index is 0.483. The van der Waals surface area contributed by atoms with E-state index in [9.17, 15) is 5.11 Å². The quantitative estimate of drug-likeness (QED) is 0.928. The van der Waals surface area contributed by atoms with E-state index in [0.29, 0.717) is 0 Å². The Kier molecular flexibility index (Phi) is 4.76. The molecule has 2 fully saturated rings. The number of aliphatic hydroxyl groups excluding tert-OH is 1. The van der Waals surface area contributed by atoms with Gasteiger partial charge in [0, 0.05) is 19.1 Å². The van der Waals surface area contributed by atoms with Crippen molar-refractivity contribution in [3.63, 3.8) is 0 Å². The van der Waals surface area contributed by atoms with E-state index in [0.717, 1.165) is 24.8 Å². The number of pyridine rings is 1. The Morgan fingerprint density at radius 2 is 1.81 bits per heavy atom. The minimum Gasteiger partial charge on any atom is -0.387 e. The number of hydrogen-bond acceptors (Lipinski definition) is 4. The summed E-state index contributed by atoms with van der Waals surface area (Å²) in [6.07, 6.45) is 8.12. The predicted molar refractivity (Wildman–Crippen MR) is 85.5 cm³/mol. The molecule has 2 aliphatic rings. The summed E-state index contributed by atoms with van der Waals surface area (Å²) >= 11 is 0. The maximum absolute atomic E-state index is 9.52. The zero-order valence-corrected chi connectivity index (χ0v) is 13.0. The molecule has 3 rings (SSSR count). The lowest BCUT2D eigenvalue weighted by molar-refractivity contribution is 0.141. The number of aliphatic hydroxyl groups is 1. The molecular weight excluding hydrogens is 262 g/mol. The number of aromatic nitrogens is 1. The van der Waals surface area contributed by atoms with Crippen LogP contribution >= 0.6 is 0 Å². The molecule has 0 aliphatic carbocycles. The molecular formula is C17H27N3O. The average Bonchev–Trinajstić information content (AvgIpc) is 2.56. The number of likely N-dealkylation sites (tertiary alicyclic amines) is 1. The van der Waals surface area contributed by atoms with Gasteiger partial charge in [0.1, 0.15) is 0 Å². The topological polar surface area (TPSA) is 39.6 Å². The molecule has 0 radical (unpaired) electrons. The molecule has 116 valence electrons. The van der Waals surface area contributed by atoms with E-state index in [1.807, 2.05) is 12.3 Å². The first-order valence-electron chi connectivity index (χ1n) is 8.37. The predicted octanol–water partition coefficient (Wildman–Crippen LogP) is 2.59. The lowest BCUT2D eigenvalue weighted by Crippen LogP contribution is -2.46. The third-order valence-corrected chi connectivity index (χ3v) is 4.94. The third kappa shape index (κ3) is 3.55. The van der Waals surface area contributed by atoms with Gasteiger partial charge in [-0.25, -0.2) is 0 Å². The van der Waals surface area contributed by atoms with E-state index < -0.39 is 6.10 Å². The van der Waals surface area contributed by atoms with Crippen molar-refractivity contribution in [1.29, 1.82) is 0 Å². The second kappa shape index (κ2) is 6.75. The molecule has 1 aromatic heterocycles. The van der Waals surface area contributed by atoms with Gasteiger partial charge in [-0.3, -0.25) is 4.98 Å². The van der Waals surface area contributed by atoms with Gasteiger partial charge in [0.05, 0.1) is 23.7 Å². The van der Waals surface area contributed by atoms with Crippen molar-refractivity contribution in [2.45, 2.75) is 51.2 Å². The molecule has 0 saturated carbocycles. The number of piperidine rings is 2. The highest BCUT2D eigenvalue weighted by Gasteiger charge is 2.25. The van der Waals surface area contributed by atoms with Crippen LogP contribution in [-0.4, -0.2) is 47.2 Å². The Morgan fingerprint density at radius 3 is 2.38 bits per heavy atom. The van der Waals surface area contributed by atoms with Crippen molar-refractivity contribution in [3.05, 3.63) is 24.0 Å². The monoisotopic (exact) mass is 289 g/mol. The Balaban J connectivity index is 1.55. The van der Waals surface area contributed by atoms with Crippen LogP contribution in [0.4, 0.5) is 5.69 Å². The number of rotatable bonds is 3. The second-order valence-electron chi connectivity index (χ2n) is 6.43. The van der Waals surface area contributed by atoms with Crippen molar-refractivity contribution >= 4 is 5.69 Å². The highest BCUT2D eigenvalue weighted by molar-refractivity contribution is 5.45. The first-order valence-corrected chi connectivity index (χ1v) is 8.37. The van der Waals surface area contributed by atoms with Crippen LogP contribution in [0.3, 0.4) is 0 Å². The van der Waals surface area contributed by atoms with Gasteiger partial charge < -0.3 is 14.9 Å². The molecule has 1 aromatic rings. The fraction of sp³-hybridized carbons (Fsp3) is 0.706. The first-order chi connectivity index (χ1) is 10.2. The van der Waals surface area contributed by atoms with Gasteiger partial charge in [-0.1, -0.05) is 6.42 Å². The first kappa shape index (κ1) is 14.8. The molecule has 21 heavy (non-hydrogen) atoms. The van der Waals surface area contributed by atoms with Crippen molar-refractivity contribution < 1.29 is 5.11 Å².